The fourth-order valence-electron chi connectivity index (χ4n) is 2.54. The second-order valence-corrected chi connectivity index (χ2v) is 5.69. The Morgan fingerprint density at radius 3 is 2.76 bits per heavy atom. The largest absolute Gasteiger partial charge is 0.381 e. The Morgan fingerprint density at radius 2 is 2.08 bits per heavy atom. The molecule has 1 aromatic heterocycles. The van der Waals surface area contributed by atoms with Crippen LogP contribution in [0.2, 0.25) is 0 Å². The maximum atomic E-state index is 13.7. The highest BCUT2D eigenvalue weighted by Gasteiger charge is 2.06. The Bertz CT molecular complexity index is 892. The Labute approximate surface area is 144 Å². The van der Waals surface area contributed by atoms with E-state index >= 15 is 0 Å². The average Bonchev–Trinajstić information content (AvgIpc) is 3.09. The molecule has 0 saturated heterocycles. The smallest absolute Gasteiger partial charge is 0.221 e. The van der Waals surface area contributed by atoms with Crippen molar-refractivity contribution in [2.45, 2.75) is 20.4 Å². The van der Waals surface area contributed by atoms with Crippen LogP contribution in [0.4, 0.5) is 15.8 Å². The molecular formula is C18H18FN5O. The number of aryl methyl sites for hydroxylation is 1. The first kappa shape index (κ1) is 16.6. The third-order valence-electron chi connectivity index (χ3n) is 3.70. The molecule has 0 spiro atoms. The Balaban J connectivity index is 1.71. The van der Waals surface area contributed by atoms with Crippen molar-refractivity contribution in [3.63, 3.8) is 0 Å². The lowest BCUT2D eigenvalue weighted by atomic mass is 10.1. The molecule has 0 aliphatic carbocycles. The minimum atomic E-state index is -0.464. The number of halogens is 1. The monoisotopic (exact) mass is 339 g/mol. The zero-order valence-electron chi connectivity index (χ0n) is 14.0. The summed E-state index contributed by atoms with van der Waals surface area (Å²) in [6.45, 7) is 3.93. The Morgan fingerprint density at radius 1 is 1.24 bits per heavy atom. The van der Waals surface area contributed by atoms with E-state index < -0.39 is 5.82 Å². The van der Waals surface area contributed by atoms with Crippen LogP contribution in [0.15, 0.2) is 49.1 Å². The van der Waals surface area contributed by atoms with Crippen molar-refractivity contribution < 1.29 is 9.18 Å². The minimum Gasteiger partial charge on any atom is -0.381 e. The van der Waals surface area contributed by atoms with Gasteiger partial charge in [-0.3, -0.25) is 4.79 Å². The SMILES string of the molecule is CC(=O)Nc1cc(NCc2ccc(-n3cncn3)c(C)c2)ccc1F. The summed E-state index contributed by atoms with van der Waals surface area (Å²) in [5, 5.41) is 9.84. The van der Waals surface area contributed by atoms with E-state index in [9.17, 15) is 9.18 Å². The molecule has 7 heteroatoms. The van der Waals surface area contributed by atoms with E-state index in [4.69, 9.17) is 0 Å². The molecule has 128 valence electrons. The molecule has 0 aliphatic heterocycles. The molecule has 0 atom stereocenters. The van der Waals surface area contributed by atoms with Gasteiger partial charge in [-0.05, 0) is 42.3 Å². The van der Waals surface area contributed by atoms with Crippen molar-refractivity contribution in [2.24, 2.45) is 0 Å². The molecule has 2 N–H and O–H groups in total. The summed E-state index contributed by atoms with van der Waals surface area (Å²) < 4.78 is 15.4. The number of nitrogens with one attached hydrogen (secondary N) is 2. The van der Waals surface area contributed by atoms with Gasteiger partial charge in [0.25, 0.3) is 0 Å². The summed E-state index contributed by atoms with van der Waals surface area (Å²) in [6, 6.07) is 10.6. The number of hydrogen-bond acceptors (Lipinski definition) is 4. The van der Waals surface area contributed by atoms with Crippen molar-refractivity contribution in [3.8, 4) is 5.69 Å². The van der Waals surface area contributed by atoms with E-state index in [0.717, 1.165) is 22.5 Å². The molecule has 25 heavy (non-hydrogen) atoms. The topological polar surface area (TPSA) is 71.8 Å². The van der Waals surface area contributed by atoms with E-state index in [2.05, 4.69) is 26.8 Å². The molecule has 3 rings (SSSR count). The van der Waals surface area contributed by atoms with Gasteiger partial charge in [0.1, 0.15) is 18.5 Å². The highest BCUT2D eigenvalue weighted by atomic mass is 19.1. The first-order valence-corrected chi connectivity index (χ1v) is 7.78. The number of hydrogen-bond donors (Lipinski definition) is 2. The van der Waals surface area contributed by atoms with Crippen LogP contribution >= 0.6 is 0 Å². The number of anilines is 2. The van der Waals surface area contributed by atoms with Crippen molar-refractivity contribution in [2.75, 3.05) is 10.6 Å². The van der Waals surface area contributed by atoms with Gasteiger partial charge in [-0.1, -0.05) is 12.1 Å². The zero-order chi connectivity index (χ0) is 17.8. The van der Waals surface area contributed by atoms with Crippen LogP contribution in [0.5, 0.6) is 0 Å². The zero-order valence-corrected chi connectivity index (χ0v) is 14.0. The number of rotatable bonds is 5. The molecule has 1 amide bonds. The first-order valence-electron chi connectivity index (χ1n) is 7.78. The van der Waals surface area contributed by atoms with Gasteiger partial charge >= 0.3 is 0 Å². The molecule has 0 fully saturated rings. The summed E-state index contributed by atoms with van der Waals surface area (Å²) in [7, 11) is 0. The van der Waals surface area contributed by atoms with Crippen molar-refractivity contribution in [1.82, 2.24) is 14.8 Å². The molecule has 0 unspecified atom stereocenters. The van der Waals surface area contributed by atoms with Crippen LogP contribution in [0.25, 0.3) is 5.69 Å². The lowest BCUT2D eigenvalue weighted by Gasteiger charge is -2.12. The van der Waals surface area contributed by atoms with Gasteiger partial charge in [-0.2, -0.15) is 5.10 Å². The fourth-order valence-corrected chi connectivity index (χ4v) is 2.54. The number of benzene rings is 2. The van der Waals surface area contributed by atoms with Crippen LogP contribution in [0.1, 0.15) is 18.1 Å². The van der Waals surface area contributed by atoms with Gasteiger partial charge in [0.05, 0.1) is 11.4 Å². The molecule has 1 heterocycles. The van der Waals surface area contributed by atoms with Crippen molar-refractivity contribution in [1.29, 1.82) is 0 Å². The highest BCUT2D eigenvalue weighted by Crippen LogP contribution is 2.21. The molecular weight excluding hydrogens is 321 g/mol. The average molecular weight is 339 g/mol. The lowest BCUT2D eigenvalue weighted by molar-refractivity contribution is -0.114. The standard InChI is InChI=1S/C18H18FN5O/c1-12-7-14(3-6-18(12)24-11-20-10-22-24)9-21-15-4-5-16(19)17(8-15)23-13(2)25/h3-8,10-11,21H,9H2,1-2H3,(H,23,25). The number of carbonyl (C=O) groups is 1. The predicted molar refractivity (Wildman–Crippen MR) is 94.1 cm³/mol. The van der Waals surface area contributed by atoms with Gasteiger partial charge in [0.2, 0.25) is 5.91 Å². The van der Waals surface area contributed by atoms with Gasteiger partial charge in [-0.15, -0.1) is 0 Å². The summed E-state index contributed by atoms with van der Waals surface area (Å²) >= 11 is 0. The molecule has 0 aliphatic rings. The van der Waals surface area contributed by atoms with Crippen LogP contribution in [0, 0.1) is 12.7 Å². The molecule has 0 saturated carbocycles. The van der Waals surface area contributed by atoms with E-state index in [1.807, 2.05) is 19.1 Å². The van der Waals surface area contributed by atoms with E-state index in [0.29, 0.717) is 6.54 Å². The molecule has 2 aromatic carbocycles. The summed E-state index contributed by atoms with van der Waals surface area (Å²) in [6.07, 6.45) is 3.15. The van der Waals surface area contributed by atoms with Gasteiger partial charge < -0.3 is 10.6 Å². The van der Waals surface area contributed by atoms with E-state index in [1.165, 1.54) is 19.3 Å². The van der Waals surface area contributed by atoms with Crippen molar-refractivity contribution >= 4 is 17.3 Å². The van der Waals surface area contributed by atoms with E-state index in [1.54, 1.807) is 23.1 Å². The Kier molecular flexibility index (Phi) is 4.74. The summed E-state index contributed by atoms with van der Waals surface area (Å²) in [5.74, 6) is -0.774. The number of nitrogens with zero attached hydrogens (tertiary/aromatic N) is 3. The Hall–Kier alpha value is -3.22. The number of carbonyl (C=O) groups excluding carboxylic acids is 1. The maximum absolute atomic E-state index is 13.7. The van der Waals surface area contributed by atoms with Crippen molar-refractivity contribution in [3.05, 3.63) is 66.0 Å². The van der Waals surface area contributed by atoms with Gasteiger partial charge in [0, 0.05) is 19.2 Å². The summed E-state index contributed by atoms with van der Waals surface area (Å²) in [4.78, 5) is 15.1. The van der Waals surface area contributed by atoms with Crippen LogP contribution < -0.4 is 10.6 Å². The van der Waals surface area contributed by atoms with Crippen LogP contribution in [-0.4, -0.2) is 20.7 Å². The first-order chi connectivity index (χ1) is 12.0. The van der Waals surface area contributed by atoms with E-state index in [-0.39, 0.29) is 11.6 Å². The third kappa shape index (κ3) is 4.00. The molecule has 0 bridgehead atoms. The third-order valence-corrected chi connectivity index (χ3v) is 3.70. The number of amides is 1. The lowest BCUT2D eigenvalue weighted by Crippen LogP contribution is -2.08. The quantitative estimate of drug-likeness (QED) is 0.748. The minimum absolute atomic E-state index is 0.162. The normalized spacial score (nSPS) is 10.5. The number of aromatic nitrogens is 3. The predicted octanol–water partition coefficient (Wildman–Crippen LogP) is 3.29. The summed E-state index contributed by atoms with van der Waals surface area (Å²) in [5.41, 5.74) is 4.00. The van der Waals surface area contributed by atoms with Crippen LogP contribution in [0.3, 0.4) is 0 Å². The second kappa shape index (κ2) is 7.12. The highest BCUT2D eigenvalue weighted by molar-refractivity contribution is 5.89. The molecule has 3 aromatic rings. The second-order valence-electron chi connectivity index (χ2n) is 5.69. The van der Waals surface area contributed by atoms with Gasteiger partial charge in [-0.25, -0.2) is 14.1 Å². The van der Waals surface area contributed by atoms with Crippen LogP contribution in [-0.2, 0) is 11.3 Å². The maximum Gasteiger partial charge on any atom is 0.221 e. The fraction of sp³-hybridized carbons (Fsp3) is 0.167. The molecule has 6 nitrogen and oxygen atoms in total. The molecule has 0 radical (unpaired) electrons. The van der Waals surface area contributed by atoms with Gasteiger partial charge in [0.15, 0.2) is 0 Å².